The van der Waals surface area contributed by atoms with E-state index in [1.807, 2.05) is 13.8 Å². The molecule has 0 fully saturated rings. The Morgan fingerprint density at radius 2 is 2.05 bits per heavy atom. The monoisotopic (exact) mass is 298 g/mol. The van der Waals surface area contributed by atoms with Crippen molar-refractivity contribution >= 4 is 27.5 Å². The van der Waals surface area contributed by atoms with E-state index < -0.39 is 11.6 Å². The molecule has 1 aromatic heterocycles. The molecular weight excluding hydrogens is 282 g/mol. The summed E-state index contributed by atoms with van der Waals surface area (Å²) in [4.78, 5) is 16.1. The maximum Gasteiger partial charge on any atom is 0.248 e. The number of carbonyl (C=O) groups is 1. The van der Waals surface area contributed by atoms with Crippen molar-refractivity contribution in [3.05, 3.63) is 28.6 Å². The lowest BCUT2D eigenvalue weighted by atomic mass is 10.3. The van der Waals surface area contributed by atoms with Gasteiger partial charge in [0.25, 0.3) is 0 Å². The van der Waals surface area contributed by atoms with Gasteiger partial charge in [-0.3, -0.25) is 4.79 Å². The molecule has 20 heavy (non-hydrogen) atoms. The molecule has 0 atom stereocenters. The predicted molar refractivity (Wildman–Crippen MR) is 75.5 cm³/mol. The minimum absolute atomic E-state index is 0.232. The van der Waals surface area contributed by atoms with Crippen LogP contribution in [-0.4, -0.2) is 10.5 Å². The number of rotatable bonds is 4. The summed E-state index contributed by atoms with van der Waals surface area (Å²) >= 11 is 1.14. The van der Waals surface area contributed by atoms with Crippen molar-refractivity contribution in [1.29, 1.82) is 0 Å². The fourth-order valence-electron chi connectivity index (χ4n) is 2.02. The maximum absolute atomic E-state index is 13.9. The van der Waals surface area contributed by atoms with Crippen LogP contribution in [0.4, 0.5) is 8.78 Å². The van der Waals surface area contributed by atoms with E-state index in [0.717, 1.165) is 23.8 Å². The summed E-state index contributed by atoms with van der Waals surface area (Å²) in [7, 11) is 0. The Morgan fingerprint density at radius 1 is 1.30 bits per heavy atom. The van der Waals surface area contributed by atoms with Crippen LogP contribution < -0.4 is 4.80 Å². The quantitative estimate of drug-likeness (QED) is 0.849. The molecule has 1 amide bonds. The van der Waals surface area contributed by atoms with Gasteiger partial charge in [-0.2, -0.15) is 4.99 Å². The van der Waals surface area contributed by atoms with Crippen molar-refractivity contribution in [2.45, 2.75) is 39.7 Å². The van der Waals surface area contributed by atoms with Crippen LogP contribution in [0.1, 0.15) is 33.1 Å². The minimum Gasteiger partial charge on any atom is -0.314 e. The molecule has 0 aliphatic carbocycles. The second-order valence-electron chi connectivity index (χ2n) is 4.53. The number of amides is 1. The zero-order valence-electron chi connectivity index (χ0n) is 11.4. The molecular formula is C14H16F2N2OS. The second-order valence-corrected chi connectivity index (χ2v) is 5.54. The van der Waals surface area contributed by atoms with Crippen LogP contribution in [0.5, 0.6) is 0 Å². The number of carbonyl (C=O) groups excluding carboxylic acids is 1. The van der Waals surface area contributed by atoms with Gasteiger partial charge in [0.15, 0.2) is 10.6 Å². The van der Waals surface area contributed by atoms with Gasteiger partial charge in [0.1, 0.15) is 5.82 Å². The first-order valence-corrected chi connectivity index (χ1v) is 7.44. The van der Waals surface area contributed by atoms with Crippen LogP contribution in [0, 0.1) is 11.6 Å². The molecule has 0 unspecified atom stereocenters. The molecule has 0 N–H and O–H groups in total. The lowest BCUT2D eigenvalue weighted by Gasteiger charge is -2.03. The topological polar surface area (TPSA) is 34.4 Å². The van der Waals surface area contributed by atoms with Crippen molar-refractivity contribution in [3.63, 3.8) is 0 Å². The van der Waals surface area contributed by atoms with Gasteiger partial charge in [0, 0.05) is 19.0 Å². The number of hydrogen-bond donors (Lipinski definition) is 0. The first-order chi connectivity index (χ1) is 9.56. The van der Waals surface area contributed by atoms with Crippen LogP contribution in [0.25, 0.3) is 10.2 Å². The average molecular weight is 298 g/mol. The molecule has 108 valence electrons. The Morgan fingerprint density at radius 3 is 2.70 bits per heavy atom. The third kappa shape index (κ3) is 2.95. The minimum atomic E-state index is -0.619. The molecule has 1 heterocycles. The number of fused-ring (bicyclic) bond motifs is 1. The van der Waals surface area contributed by atoms with Crippen molar-refractivity contribution in [1.82, 2.24) is 4.57 Å². The first kappa shape index (κ1) is 14.8. The molecule has 2 rings (SSSR count). The van der Waals surface area contributed by atoms with E-state index in [9.17, 15) is 13.6 Å². The molecule has 0 radical (unpaired) electrons. The van der Waals surface area contributed by atoms with Gasteiger partial charge in [-0.15, -0.1) is 0 Å². The lowest BCUT2D eigenvalue weighted by Crippen LogP contribution is -2.17. The number of benzene rings is 1. The van der Waals surface area contributed by atoms with E-state index in [1.54, 1.807) is 4.57 Å². The fourth-order valence-corrected chi connectivity index (χ4v) is 3.13. The molecule has 0 saturated heterocycles. The van der Waals surface area contributed by atoms with Crippen LogP contribution in [-0.2, 0) is 11.3 Å². The molecule has 0 bridgehead atoms. The van der Waals surface area contributed by atoms with Gasteiger partial charge in [0.05, 0.1) is 10.2 Å². The highest BCUT2D eigenvalue weighted by atomic mass is 32.1. The molecule has 0 aliphatic rings. The van der Waals surface area contributed by atoms with Crippen molar-refractivity contribution in [3.8, 4) is 0 Å². The van der Waals surface area contributed by atoms with E-state index in [2.05, 4.69) is 4.99 Å². The van der Waals surface area contributed by atoms with E-state index in [0.29, 0.717) is 34.4 Å². The molecule has 0 spiro atoms. The smallest absolute Gasteiger partial charge is 0.248 e. The van der Waals surface area contributed by atoms with E-state index in [-0.39, 0.29) is 5.91 Å². The number of nitrogens with zero attached hydrogens (tertiary/aromatic N) is 2. The summed E-state index contributed by atoms with van der Waals surface area (Å²) in [6.45, 7) is 4.39. The largest absolute Gasteiger partial charge is 0.314 e. The zero-order valence-corrected chi connectivity index (χ0v) is 12.3. The number of aromatic nitrogens is 1. The Kier molecular flexibility index (Phi) is 4.65. The summed E-state index contributed by atoms with van der Waals surface area (Å²) in [6.07, 6.45) is 1.85. The number of hydrogen-bond acceptors (Lipinski definition) is 2. The van der Waals surface area contributed by atoms with Crippen LogP contribution >= 0.6 is 11.3 Å². The number of aryl methyl sites for hydroxylation is 1. The normalized spacial score (nSPS) is 12.3. The average Bonchev–Trinajstić information content (AvgIpc) is 2.68. The van der Waals surface area contributed by atoms with Gasteiger partial charge in [-0.1, -0.05) is 25.2 Å². The van der Waals surface area contributed by atoms with Crippen LogP contribution in [0.3, 0.4) is 0 Å². The molecule has 0 saturated carbocycles. The number of halogens is 2. The highest BCUT2D eigenvalue weighted by Gasteiger charge is 2.13. The van der Waals surface area contributed by atoms with E-state index >= 15 is 0 Å². The highest BCUT2D eigenvalue weighted by Crippen LogP contribution is 2.22. The van der Waals surface area contributed by atoms with Crippen molar-refractivity contribution in [2.24, 2.45) is 4.99 Å². The standard InChI is InChI=1S/C14H16F2N2OS/c1-3-5-12(19)17-14-18(6-4-2)13-10(16)7-9(15)8-11(13)20-14/h7-8H,3-6H2,1-2H3. The van der Waals surface area contributed by atoms with E-state index in [1.165, 1.54) is 6.07 Å². The lowest BCUT2D eigenvalue weighted by molar-refractivity contribution is -0.118. The molecule has 6 heteroatoms. The third-order valence-electron chi connectivity index (χ3n) is 2.83. The Balaban J connectivity index is 2.68. The summed E-state index contributed by atoms with van der Waals surface area (Å²) in [6, 6.07) is 2.14. The van der Waals surface area contributed by atoms with Crippen molar-refractivity contribution in [2.75, 3.05) is 0 Å². The summed E-state index contributed by atoms with van der Waals surface area (Å²) in [5, 5.41) is 0. The Labute approximate surface area is 119 Å². The fraction of sp³-hybridized carbons (Fsp3) is 0.429. The number of thiazole rings is 1. The van der Waals surface area contributed by atoms with Gasteiger partial charge < -0.3 is 4.57 Å². The Bertz CT molecular complexity index is 703. The van der Waals surface area contributed by atoms with Gasteiger partial charge in [-0.25, -0.2) is 8.78 Å². The zero-order chi connectivity index (χ0) is 14.7. The van der Waals surface area contributed by atoms with Gasteiger partial charge in [0.2, 0.25) is 5.91 Å². The molecule has 1 aromatic carbocycles. The maximum atomic E-state index is 13.9. The molecule has 0 aliphatic heterocycles. The molecule has 2 aromatic rings. The summed E-state index contributed by atoms with van der Waals surface area (Å²) in [5.41, 5.74) is 0.321. The van der Waals surface area contributed by atoms with Crippen LogP contribution in [0.2, 0.25) is 0 Å². The highest BCUT2D eigenvalue weighted by molar-refractivity contribution is 7.16. The Hall–Kier alpha value is -1.56. The summed E-state index contributed by atoms with van der Waals surface area (Å²) in [5.74, 6) is -1.47. The SMILES string of the molecule is CCCC(=O)N=c1sc2cc(F)cc(F)c2n1CCC. The third-order valence-corrected chi connectivity index (χ3v) is 3.85. The predicted octanol–water partition coefficient (Wildman–Crippen LogP) is 3.62. The first-order valence-electron chi connectivity index (χ1n) is 6.62. The van der Waals surface area contributed by atoms with E-state index in [4.69, 9.17) is 0 Å². The van der Waals surface area contributed by atoms with Crippen LogP contribution in [0.15, 0.2) is 17.1 Å². The second kappa shape index (κ2) is 6.26. The van der Waals surface area contributed by atoms with Gasteiger partial charge >= 0.3 is 0 Å². The van der Waals surface area contributed by atoms with Crippen molar-refractivity contribution < 1.29 is 13.6 Å². The van der Waals surface area contributed by atoms with Gasteiger partial charge in [-0.05, 0) is 18.9 Å². The molecule has 3 nitrogen and oxygen atoms in total. The summed E-state index contributed by atoms with van der Waals surface area (Å²) < 4.78 is 29.3.